The minimum atomic E-state index is 0.925. The molecule has 1 heterocycles. The first-order valence-electron chi connectivity index (χ1n) is 16.3. The molecule has 9 rings (SSSR count). The van der Waals surface area contributed by atoms with Crippen LogP contribution in [-0.2, 0) is 0 Å². The van der Waals surface area contributed by atoms with Gasteiger partial charge in [0.2, 0.25) is 0 Å². The van der Waals surface area contributed by atoms with Crippen LogP contribution in [0.1, 0.15) is 0 Å². The van der Waals surface area contributed by atoms with E-state index in [1.165, 1.54) is 44.2 Å². The molecule has 0 aliphatic heterocycles. The van der Waals surface area contributed by atoms with Crippen LogP contribution in [-0.4, -0.2) is 0 Å². The van der Waals surface area contributed by atoms with E-state index >= 15 is 0 Å². The van der Waals surface area contributed by atoms with Gasteiger partial charge in [0.25, 0.3) is 0 Å². The molecule has 0 aliphatic carbocycles. The van der Waals surface area contributed by atoms with E-state index < -0.39 is 0 Å². The van der Waals surface area contributed by atoms with E-state index in [4.69, 9.17) is 4.42 Å². The van der Waals surface area contributed by atoms with Crippen LogP contribution in [0.5, 0.6) is 0 Å². The molecule has 0 N–H and O–H groups in total. The largest absolute Gasteiger partial charge is 0.456 e. The highest BCUT2D eigenvalue weighted by molar-refractivity contribution is 6.10. The van der Waals surface area contributed by atoms with E-state index in [-0.39, 0.29) is 0 Å². The molecule has 0 spiro atoms. The average molecular weight is 614 g/mol. The summed E-state index contributed by atoms with van der Waals surface area (Å²) in [6, 6.07) is 67.0. The highest BCUT2D eigenvalue weighted by atomic mass is 16.3. The predicted octanol–water partition coefficient (Wildman–Crippen LogP) is 13.2. The van der Waals surface area contributed by atoms with Crippen LogP contribution in [0.4, 0.5) is 17.1 Å². The van der Waals surface area contributed by atoms with Crippen LogP contribution in [0.15, 0.2) is 192 Å². The van der Waals surface area contributed by atoms with Crippen molar-refractivity contribution in [2.75, 3.05) is 4.90 Å². The van der Waals surface area contributed by atoms with Crippen molar-refractivity contribution in [1.29, 1.82) is 0 Å². The van der Waals surface area contributed by atoms with Gasteiger partial charge in [-0.3, -0.25) is 0 Å². The molecule has 0 saturated carbocycles. The number of anilines is 3. The second kappa shape index (κ2) is 11.8. The molecule has 48 heavy (non-hydrogen) atoms. The molecular formula is C46H31NO. The van der Waals surface area contributed by atoms with Crippen LogP contribution in [0.25, 0.3) is 66.1 Å². The normalized spacial score (nSPS) is 11.3. The Bertz CT molecular complexity index is 2530. The third-order valence-corrected chi connectivity index (χ3v) is 9.24. The number of rotatable bonds is 6. The third-order valence-electron chi connectivity index (χ3n) is 9.24. The van der Waals surface area contributed by atoms with Crippen LogP contribution in [0.2, 0.25) is 0 Å². The molecule has 2 nitrogen and oxygen atoms in total. The number of furan rings is 1. The minimum absolute atomic E-state index is 0.925. The molecular weight excluding hydrogens is 583 g/mol. The number of nitrogens with zero attached hydrogens (tertiary/aromatic N) is 1. The fourth-order valence-electron chi connectivity index (χ4n) is 6.79. The first kappa shape index (κ1) is 27.9. The van der Waals surface area contributed by atoms with E-state index in [0.717, 1.165) is 39.0 Å². The van der Waals surface area contributed by atoms with Crippen molar-refractivity contribution in [3.05, 3.63) is 188 Å². The van der Waals surface area contributed by atoms with E-state index in [0.29, 0.717) is 0 Å². The van der Waals surface area contributed by atoms with Crippen molar-refractivity contribution in [2.24, 2.45) is 0 Å². The fourth-order valence-corrected chi connectivity index (χ4v) is 6.79. The van der Waals surface area contributed by atoms with Gasteiger partial charge in [0.15, 0.2) is 0 Å². The lowest BCUT2D eigenvalue weighted by molar-refractivity contribution is 0.669. The van der Waals surface area contributed by atoms with Crippen molar-refractivity contribution in [3.8, 4) is 33.4 Å². The summed E-state index contributed by atoms with van der Waals surface area (Å²) < 4.78 is 6.13. The monoisotopic (exact) mass is 613 g/mol. The summed E-state index contributed by atoms with van der Waals surface area (Å²) in [6.07, 6.45) is 0. The Balaban J connectivity index is 1.05. The van der Waals surface area contributed by atoms with Crippen molar-refractivity contribution in [3.63, 3.8) is 0 Å². The molecule has 0 amide bonds. The number of fused-ring (bicyclic) bond motifs is 4. The predicted molar refractivity (Wildman–Crippen MR) is 202 cm³/mol. The van der Waals surface area contributed by atoms with Gasteiger partial charge in [0.05, 0.1) is 0 Å². The van der Waals surface area contributed by atoms with Gasteiger partial charge in [-0.1, -0.05) is 121 Å². The highest BCUT2D eigenvalue weighted by Crippen LogP contribution is 2.38. The highest BCUT2D eigenvalue weighted by Gasteiger charge is 2.14. The zero-order valence-corrected chi connectivity index (χ0v) is 26.3. The minimum Gasteiger partial charge on any atom is -0.456 e. The van der Waals surface area contributed by atoms with Gasteiger partial charge in [0.1, 0.15) is 11.2 Å². The Morgan fingerprint density at radius 2 is 0.812 bits per heavy atom. The lowest BCUT2D eigenvalue weighted by Crippen LogP contribution is -2.09. The number of hydrogen-bond acceptors (Lipinski definition) is 2. The molecule has 226 valence electrons. The molecule has 0 unspecified atom stereocenters. The molecule has 1 aromatic heterocycles. The summed E-state index contributed by atoms with van der Waals surface area (Å²) in [5.41, 5.74) is 12.4. The van der Waals surface area contributed by atoms with Gasteiger partial charge < -0.3 is 9.32 Å². The van der Waals surface area contributed by atoms with Crippen LogP contribution >= 0.6 is 0 Å². The SMILES string of the molecule is c1ccc(-c2cccc(-c3ccc(N(c4ccccc4)c4ccc(-c5ccc6cc7oc8ccccc8c7cc6c5)cc4)cc3)c2)cc1. The lowest BCUT2D eigenvalue weighted by atomic mass is 9.98. The summed E-state index contributed by atoms with van der Waals surface area (Å²) >= 11 is 0. The maximum atomic E-state index is 6.13. The van der Waals surface area contributed by atoms with E-state index in [2.05, 4.69) is 181 Å². The summed E-state index contributed by atoms with van der Waals surface area (Å²) in [5.74, 6) is 0. The molecule has 0 saturated heterocycles. The lowest BCUT2D eigenvalue weighted by Gasteiger charge is -2.26. The summed E-state index contributed by atoms with van der Waals surface area (Å²) in [7, 11) is 0. The van der Waals surface area contributed by atoms with Gasteiger partial charge in [-0.25, -0.2) is 0 Å². The molecule has 8 aromatic carbocycles. The van der Waals surface area contributed by atoms with Crippen molar-refractivity contribution >= 4 is 49.8 Å². The van der Waals surface area contributed by atoms with Crippen LogP contribution in [0.3, 0.4) is 0 Å². The molecule has 0 bridgehead atoms. The summed E-state index contributed by atoms with van der Waals surface area (Å²) in [5, 5.41) is 4.68. The van der Waals surface area contributed by atoms with Gasteiger partial charge in [-0.2, -0.15) is 0 Å². The molecule has 0 aliphatic rings. The Hall–Kier alpha value is -6.38. The average Bonchev–Trinajstić information content (AvgIpc) is 3.52. The van der Waals surface area contributed by atoms with E-state index in [1.807, 2.05) is 12.1 Å². The second-order valence-electron chi connectivity index (χ2n) is 12.2. The van der Waals surface area contributed by atoms with Crippen LogP contribution < -0.4 is 4.90 Å². The Labute approximate surface area is 279 Å². The smallest absolute Gasteiger partial charge is 0.136 e. The number of hydrogen-bond donors (Lipinski definition) is 0. The first-order valence-corrected chi connectivity index (χ1v) is 16.3. The molecule has 9 aromatic rings. The zero-order chi connectivity index (χ0) is 31.9. The van der Waals surface area contributed by atoms with E-state index in [1.54, 1.807) is 0 Å². The Kier molecular flexibility index (Phi) is 6.84. The molecule has 0 atom stereocenters. The van der Waals surface area contributed by atoms with Gasteiger partial charge in [-0.05, 0) is 111 Å². The van der Waals surface area contributed by atoms with Gasteiger partial charge >= 0.3 is 0 Å². The molecule has 0 radical (unpaired) electrons. The van der Waals surface area contributed by atoms with Crippen molar-refractivity contribution in [1.82, 2.24) is 0 Å². The third kappa shape index (κ3) is 5.10. The standard InChI is InChI=1S/C46H31NO/c1-3-10-32(11-4-1)35-12-9-13-36(28-35)33-20-24-41(25-21-33)47(40-14-5-2-6-15-40)42-26-22-34(23-27-42)37-18-19-38-31-46-44(30-39(38)29-37)43-16-7-8-17-45(43)48-46/h1-31H. The maximum Gasteiger partial charge on any atom is 0.136 e. The zero-order valence-electron chi connectivity index (χ0n) is 26.3. The summed E-state index contributed by atoms with van der Waals surface area (Å²) in [6.45, 7) is 0. The van der Waals surface area contributed by atoms with Crippen molar-refractivity contribution < 1.29 is 4.42 Å². The quantitative estimate of drug-likeness (QED) is 0.185. The Morgan fingerprint density at radius 1 is 0.292 bits per heavy atom. The number of benzene rings is 8. The second-order valence-corrected chi connectivity index (χ2v) is 12.2. The molecule has 0 fully saturated rings. The molecule has 2 heteroatoms. The van der Waals surface area contributed by atoms with E-state index in [9.17, 15) is 0 Å². The first-order chi connectivity index (χ1) is 23.8. The van der Waals surface area contributed by atoms with Crippen LogP contribution in [0, 0.1) is 0 Å². The summed E-state index contributed by atoms with van der Waals surface area (Å²) in [4.78, 5) is 2.31. The number of para-hydroxylation sites is 2. The van der Waals surface area contributed by atoms with Crippen molar-refractivity contribution in [2.45, 2.75) is 0 Å². The van der Waals surface area contributed by atoms with Gasteiger partial charge in [-0.15, -0.1) is 0 Å². The topological polar surface area (TPSA) is 16.4 Å². The maximum absolute atomic E-state index is 6.13. The Morgan fingerprint density at radius 3 is 1.50 bits per heavy atom. The fraction of sp³-hybridized carbons (Fsp3) is 0. The van der Waals surface area contributed by atoms with Gasteiger partial charge in [0, 0.05) is 27.8 Å².